The molecular formula is C15H19Cl2NO. The van der Waals surface area contributed by atoms with Crippen LogP contribution in [0.5, 0.6) is 0 Å². The van der Waals surface area contributed by atoms with E-state index in [1.165, 1.54) is 11.1 Å². The van der Waals surface area contributed by atoms with Gasteiger partial charge in [-0.05, 0) is 56.6 Å². The van der Waals surface area contributed by atoms with Crippen LogP contribution in [-0.4, -0.2) is 36.2 Å². The Morgan fingerprint density at radius 2 is 1.84 bits per heavy atom. The predicted octanol–water partition coefficient (Wildman–Crippen LogP) is 3.33. The van der Waals surface area contributed by atoms with Crippen LogP contribution in [-0.2, 0) is 6.42 Å². The minimum Gasteiger partial charge on any atom is -0.392 e. The molecule has 1 aromatic rings. The molecule has 0 heterocycles. The SMILES string of the molecule is CN(C)[C@H]1CC[C@@H]2c3cc(Cl)c(Cl)cc3C[C@H]1C2O. The van der Waals surface area contributed by atoms with Crippen molar-refractivity contribution in [3.05, 3.63) is 33.3 Å². The van der Waals surface area contributed by atoms with Crippen LogP contribution in [0, 0.1) is 5.92 Å². The average Bonchev–Trinajstić information content (AvgIpc) is 2.33. The van der Waals surface area contributed by atoms with Gasteiger partial charge in [-0.1, -0.05) is 23.2 Å². The van der Waals surface area contributed by atoms with E-state index in [9.17, 15) is 5.11 Å². The maximum absolute atomic E-state index is 10.6. The summed E-state index contributed by atoms with van der Waals surface area (Å²) in [6.07, 6.45) is 2.79. The molecule has 0 saturated heterocycles. The number of hydrogen-bond donors (Lipinski definition) is 1. The van der Waals surface area contributed by atoms with Crippen molar-refractivity contribution in [2.24, 2.45) is 5.92 Å². The molecule has 2 aliphatic rings. The highest BCUT2D eigenvalue weighted by molar-refractivity contribution is 6.42. The zero-order chi connectivity index (χ0) is 13.7. The summed E-state index contributed by atoms with van der Waals surface area (Å²) in [5, 5.41) is 11.8. The largest absolute Gasteiger partial charge is 0.392 e. The Hall–Kier alpha value is -0.280. The molecule has 0 radical (unpaired) electrons. The summed E-state index contributed by atoms with van der Waals surface area (Å²) in [4.78, 5) is 2.24. The van der Waals surface area contributed by atoms with Crippen molar-refractivity contribution in [1.29, 1.82) is 0 Å². The molecule has 2 aliphatic carbocycles. The average molecular weight is 300 g/mol. The molecule has 4 heteroatoms. The van der Waals surface area contributed by atoms with Crippen molar-refractivity contribution >= 4 is 23.2 Å². The molecule has 3 rings (SSSR count). The lowest BCUT2D eigenvalue weighted by atomic mass is 9.65. The van der Waals surface area contributed by atoms with Crippen molar-refractivity contribution in [2.75, 3.05) is 14.1 Å². The maximum Gasteiger partial charge on any atom is 0.0655 e. The second kappa shape index (κ2) is 4.92. The van der Waals surface area contributed by atoms with Crippen molar-refractivity contribution < 1.29 is 5.11 Å². The van der Waals surface area contributed by atoms with Crippen LogP contribution >= 0.6 is 23.2 Å². The van der Waals surface area contributed by atoms with Crippen LogP contribution in [0.3, 0.4) is 0 Å². The second-order valence-electron chi connectivity index (χ2n) is 6.04. The fourth-order valence-electron chi connectivity index (χ4n) is 3.88. The number of halogens is 2. The Bertz CT molecular complexity index is 503. The van der Waals surface area contributed by atoms with E-state index >= 15 is 0 Å². The quantitative estimate of drug-likeness (QED) is 0.860. The summed E-state index contributed by atoms with van der Waals surface area (Å²) in [5.41, 5.74) is 2.47. The Balaban J connectivity index is 2.03. The fourth-order valence-corrected chi connectivity index (χ4v) is 4.24. The summed E-state index contributed by atoms with van der Waals surface area (Å²) in [7, 11) is 4.20. The van der Waals surface area contributed by atoms with Gasteiger partial charge in [0.2, 0.25) is 0 Å². The number of aliphatic hydroxyl groups is 1. The van der Waals surface area contributed by atoms with Gasteiger partial charge in [-0.25, -0.2) is 0 Å². The van der Waals surface area contributed by atoms with Gasteiger partial charge in [-0.2, -0.15) is 0 Å². The smallest absolute Gasteiger partial charge is 0.0655 e. The first kappa shape index (κ1) is 13.7. The Morgan fingerprint density at radius 3 is 2.53 bits per heavy atom. The molecule has 2 nitrogen and oxygen atoms in total. The number of aliphatic hydroxyl groups excluding tert-OH is 1. The molecule has 104 valence electrons. The zero-order valence-corrected chi connectivity index (χ0v) is 12.7. The summed E-state index contributed by atoms with van der Waals surface area (Å²) in [5.74, 6) is 0.526. The van der Waals surface area contributed by atoms with Crippen LogP contribution in [0.1, 0.15) is 29.9 Å². The van der Waals surface area contributed by atoms with Crippen molar-refractivity contribution in [3.8, 4) is 0 Å². The van der Waals surface area contributed by atoms with Gasteiger partial charge >= 0.3 is 0 Å². The predicted molar refractivity (Wildman–Crippen MR) is 79.1 cm³/mol. The van der Waals surface area contributed by atoms with E-state index in [2.05, 4.69) is 19.0 Å². The molecule has 4 atom stereocenters. The van der Waals surface area contributed by atoms with Gasteiger partial charge in [0.1, 0.15) is 0 Å². The summed E-state index contributed by atoms with van der Waals surface area (Å²) >= 11 is 12.3. The first-order chi connectivity index (χ1) is 8.99. The standard InChI is InChI=1S/C15H19Cl2NO/c1-18(2)14-4-3-9-10-7-13(17)12(16)6-8(10)5-11(14)15(9)19/h6-7,9,11,14-15,19H,3-5H2,1-2H3/t9-,11-,14+,15?/m1/s1. The van der Waals surface area contributed by atoms with Gasteiger partial charge < -0.3 is 10.0 Å². The van der Waals surface area contributed by atoms with E-state index in [1.54, 1.807) is 0 Å². The lowest BCUT2D eigenvalue weighted by molar-refractivity contribution is -0.00781. The van der Waals surface area contributed by atoms with Crippen molar-refractivity contribution in [1.82, 2.24) is 4.90 Å². The zero-order valence-electron chi connectivity index (χ0n) is 11.2. The lowest BCUT2D eigenvalue weighted by Crippen LogP contribution is -2.50. The normalized spacial score (nSPS) is 33.4. The third kappa shape index (κ3) is 2.19. The minimum atomic E-state index is -0.258. The Morgan fingerprint density at radius 1 is 1.16 bits per heavy atom. The first-order valence-corrected chi connectivity index (χ1v) is 7.57. The number of rotatable bonds is 1. The third-order valence-corrected chi connectivity index (χ3v) is 5.54. The molecule has 1 saturated carbocycles. The van der Waals surface area contributed by atoms with Crippen LogP contribution in [0.2, 0.25) is 10.0 Å². The van der Waals surface area contributed by atoms with Gasteiger partial charge in [-0.15, -0.1) is 0 Å². The fraction of sp³-hybridized carbons (Fsp3) is 0.600. The van der Waals surface area contributed by atoms with Crippen LogP contribution in [0.25, 0.3) is 0 Å². The summed E-state index contributed by atoms with van der Waals surface area (Å²) < 4.78 is 0. The molecular weight excluding hydrogens is 281 g/mol. The van der Waals surface area contributed by atoms with Gasteiger partial charge in [0.05, 0.1) is 16.1 Å². The maximum atomic E-state index is 10.6. The van der Waals surface area contributed by atoms with Crippen LogP contribution in [0.15, 0.2) is 12.1 Å². The first-order valence-electron chi connectivity index (χ1n) is 6.81. The number of hydrogen-bond acceptors (Lipinski definition) is 2. The van der Waals surface area contributed by atoms with Gasteiger partial charge in [0, 0.05) is 17.9 Å². The van der Waals surface area contributed by atoms with Crippen LogP contribution in [0.4, 0.5) is 0 Å². The number of nitrogens with zero attached hydrogens (tertiary/aromatic N) is 1. The summed E-state index contributed by atoms with van der Waals surface area (Å²) in [6, 6.07) is 4.40. The van der Waals surface area contributed by atoms with E-state index in [-0.39, 0.29) is 12.0 Å². The van der Waals surface area contributed by atoms with Crippen molar-refractivity contribution in [2.45, 2.75) is 37.3 Å². The topological polar surface area (TPSA) is 23.5 Å². The molecule has 1 unspecified atom stereocenters. The van der Waals surface area contributed by atoms with Crippen molar-refractivity contribution in [3.63, 3.8) is 0 Å². The molecule has 0 spiro atoms. The summed E-state index contributed by atoms with van der Waals surface area (Å²) in [6.45, 7) is 0. The number of fused-ring (bicyclic) bond motifs is 4. The molecule has 1 N–H and O–H groups in total. The molecule has 2 bridgehead atoms. The van der Waals surface area contributed by atoms with E-state index < -0.39 is 0 Å². The third-order valence-electron chi connectivity index (χ3n) is 4.82. The van der Waals surface area contributed by atoms with E-state index in [4.69, 9.17) is 23.2 Å². The minimum absolute atomic E-state index is 0.222. The number of benzene rings is 1. The molecule has 0 amide bonds. The van der Waals surface area contributed by atoms with E-state index in [1.807, 2.05) is 12.1 Å². The van der Waals surface area contributed by atoms with Gasteiger partial charge in [0.15, 0.2) is 0 Å². The van der Waals surface area contributed by atoms with E-state index in [0.717, 1.165) is 19.3 Å². The molecule has 0 aliphatic heterocycles. The second-order valence-corrected chi connectivity index (χ2v) is 6.85. The monoisotopic (exact) mass is 299 g/mol. The Kier molecular flexibility index (Phi) is 3.55. The molecule has 0 aromatic heterocycles. The molecule has 1 aromatic carbocycles. The van der Waals surface area contributed by atoms with E-state index in [0.29, 0.717) is 22.0 Å². The lowest BCUT2D eigenvalue weighted by Gasteiger charge is -2.47. The molecule has 19 heavy (non-hydrogen) atoms. The highest BCUT2D eigenvalue weighted by Gasteiger charge is 2.44. The van der Waals surface area contributed by atoms with Gasteiger partial charge in [0.25, 0.3) is 0 Å². The van der Waals surface area contributed by atoms with Crippen LogP contribution < -0.4 is 0 Å². The van der Waals surface area contributed by atoms with Gasteiger partial charge in [-0.3, -0.25) is 0 Å². The molecule has 1 fully saturated rings. The Labute approximate surface area is 124 Å². The highest BCUT2D eigenvalue weighted by atomic mass is 35.5. The highest BCUT2D eigenvalue weighted by Crippen LogP contribution is 2.46.